The smallest absolute Gasteiger partial charge is 0.174 e. The minimum Gasteiger partial charge on any atom is -0.394 e. The van der Waals surface area contributed by atoms with Crippen molar-refractivity contribution in [1.82, 2.24) is 0 Å². The van der Waals surface area contributed by atoms with Crippen molar-refractivity contribution in [2.24, 2.45) is 0 Å². The molecule has 4 heteroatoms. The molecule has 0 aliphatic carbocycles. The third-order valence-corrected chi connectivity index (χ3v) is 2.27. The molecule has 1 rings (SSSR count). The van der Waals surface area contributed by atoms with Crippen LogP contribution in [0.4, 0.5) is 0 Å². The van der Waals surface area contributed by atoms with Crippen LogP contribution in [0.15, 0.2) is 12.7 Å². The first-order valence-corrected chi connectivity index (χ1v) is 4.34. The first-order valence-electron chi connectivity index (χ1n) is 3.42. The van der Waals surface area contributed by atoms with Gasteiger partial charge in [0.15, 0.2) is 6.29 Å². The predicted octanol–water partition coefficient (Wildman–Crippen LogP) is 0.670. The van der Waals surface area contributed by atoms with Crippen molar-refractivity contribution in [2.75, 3.05) is 13.2 Å². The fraction of sp³-hybridized carbons (Fsp3) is 0.714. The van der Waals surface area contributed by atoms with Gasteiger partial charge in [-0.2, -0.15) is 0 Å². The van der Waals surface area contributed by atoms with Crippen LogP contribution < -0.4 is 0 Å². The fourth-order valence-corrected chi connectivity index (χ4v) is 1.12. The van der Waals surface area contributed by atoms with Gasteiger partial charge in [-0.05, 0) is 0 Å². The summed E-state index contributed by atoms with van der Waals surface area (Å²) < 4.78 is 10.5. The van der Waals surface area contributed by atoms with E-state index in [1.165, 1.54) is 0 Å². The molecule has 0 saturated carbocycles. The zero-order chi connectivity index (χ0) is 8.27. The average molecular weight is 223 g/mol. The molecule has 1 fully saturated rings. The van der Waals surface area contributed by atoms with Crippen LogP contribution >= 0.6 is 15.9 Å². The predicted molar refractivity (Wildman–Crippen MR) is 44.6 cm³/mol. The molecule has 11 heavy (non-hydrogen) atoms. The van der Waals surface area contributed by atoms with Crippen molar-refractivity contribution in [3.05, 3.63) is 12.7 Å². The molecule has 1 saturated heterocycles. The van der Waals surface area contributed by atoms with Crippen LogP contribution in [0.3, 0.4) is 0 Å². The minimum atomic E-state index is -0.301. The Bertz CT molecular complexity index is 140. The summed E-state index contributed by atoms with van der Waals surface area (Å²) in [5.74, 6) is 0. The molecular weight excluding hydrogens is 212 g/mol. The van der Waals surface area contributed by atoms with Crippen LogP contribution in [0, 0.1) is 0 Å². The van der Waals surface area contributed by atoms with E-state index in [4.69, 9.17) is 14.6 Å². The lowest BCUT2D eigenvalue weighted by molar-refractivity contribution is -0.0568. The molecule has 0 aromatic carbocycles. The molecule has 3 unspecified atom stereocenters. The molecule has 1 N–H and O–H groups in total. The molecule has 0 bridgehead atoms. The van der Waals surface area contributed by atoms with Gasteiger partial charge in [-0.15, -0.1) is 6.58 Å². The van der Waals surface area contributed by atoms with Crippen molar-refractivity contribution in [2.45, 2.75) is 17.2 Å². The molecule has 3 atom stereocenters. The third kappa shape index (κ3) is 2.27. The Morgan fingerprint density at radius 1 is 1.82 bits per heavy atom. The van der Waals surface area contributed by atoms with Gasteiger partial charge in [-0.3, -0.25) is 0 Å². The second-order valence-electron chi connectivity index (χ2n) is 2.32. The maximum Gasteiger partial charge on any atom is 0.174 e. The standard InChI is InChI=1S/C7H11BrO3/c1-2-6(8)7-10-4-5(3-9)11-7/h2,5-7,9H,1,3-4H2. The summed E-state index contributed by atoms with van der Waals surface area (Å²) in [5, 5.41) is 8.69. The van der Waals surface area contributed by atoms with Crippen LogP contribution in [0.5, 0.6) is 0 Å². The van der Waals surface area contributed by atoms with E-state index in [1.807, 2.05) is 0 Å². The van der Waals surface area contributed by atoms with Gasteiger partial charge in [0.2, 0.25) is 0 Å². The van der Waals surface area contributed by atoms with Crippen molar-refractivity contribution < 1.29 is 14.6 Å². The van der Waals surface area contributed by atoms with Gasteiger partial charge in [0.1, 0.15) is 6.10 Å². The highest BCUT2D eigenvalue weighted by atomic mass is 79.9. The molecule has 0 aromatic rings. The van der Waals surface area contributed by atoms with Crippen molar-refractivity contribution in [1.29, 1.82) is 0 Å². The monoisotopic (exact) mass is 222 g/mol. The second kappa shape index (κ2) is 4.21. The molecule has 1 aliphatic heterocycles. The van der Waals surface area contributed by atoms with Crippen LogP contribution in [0.1, 0.15) is 0 Å². The first kappa shape index (κ1) is 9.19. The Kier molecular flexibility index (Phi) is 3.51. The number of hydrogen-bond acceptors (Lipinski definition) is 3. The van der Waals surface area contributed by atoms with E-state index in [9.17, 15) is 0 Å². The van der Waals surface area contributed by atoms with Gasteiger partial charge >= 0.3 is 0 Å². The molecule has 1 aliphatic rings. The van der Waals surface area contributed by atoms with E-state index >= 15 is 0 Å². The Morgan fingerprint density at radius 2 is 2.55 bits per heavy atom. The molecule has 0 radical (unpaired) electrons. The molecule has 3 nitrogen and oxygen atoms in total. The van der Waals surface area contributed by atoms with E-state index in [2.05, 4.69) is 22.5 Å². The lowest BCUT2D eigenvalue weighted by Gasteiger charge is -2.12. The van der Waals surface area contributed by atoms with Gasteiger partial charge < -0.3 is 14.6 Å². The number of hydrogen-bond donors (Lipinski definition) is 1. The van der Waals surface area contributed by atoms with Crippen LogP contribution in [0.2, 0.25) is 0 Å². The molecule has 0 amide bonds. The van der Waals surface area contributed by atoms with E-state index in [0.29, 0.717) is 6.61 Å². The summed E-state index contributed by atoms with van der Waals surface area (Å²) in [6, 6.07) is 0. The number of alkyl halides is 1. The summed E-state index contributed by atoms with van der Waals surface area (Å²) in [7, 11) is 0. The van der Waals surface area contributed by atoms with Crippen LogP contribution in [0.25, 0.3) is 0 Å². The highest BCUT2D eigenvalue weighted by Crippen LogP contribution is 2.19. The first-order chi connectivity index (χ1) is 5.27. The highest BCUT2D eigenvalue weighted by molar-refractivity contribution is 9.09. The summed E-state index contributed by atoms with van der Waals surface area (Å²) >= 11 is 3.31. The molecule has 1 heterocycles. The summed E-state index contributed by atoms with van der Waals surface area (Å²) in [6.45, 7) is 4.05. The quantitative estimate of drug-likeness (QED) is 0.564. The topological polar surface area (TPSA) is 38.7 Å². The van der Waals surface area contributed by atoms with Gasteiger partial charge in [0.05, 0.1) is 18.0 Å². The molecule has 0 spiro atoms. The Hall–Kier alpha value is 0.1000. The Balaban J connectivity index is 2.34. The molecule has 64 valence electrons. The SMILES string of the molecule is C=CC(Br)C1OCC(CO)O1. The maximum absolute atomic E-state index is 8.69. The average Bonchev–Trinajstić information content (AvgIpc) is 2.50. The normalized spacial score (nSPS) is 33.6. The fourth-order valence-electron chi connectivity index (χ4n) is 0.844. The van der Waals surface area contributed by atoms with E-state index in [0.717, 1.165) is 0 Å². The summed E-state index contributed by atoms with van der Waals surface area (Å²) in [5.41, 5.74) is 0. The van der Waals surface area contributed by atoms with Crippen molar-refractivity contribution in [3.63, 3.8) is 0 Å². The van der Waals surface area contributed by atoms with Crippen molar-refractivity contribution >= 4 is 15.9 Å². The van der Waals surface area contributed by atoms with E-state index < -0.39 is 0 Å². The largest absolute Gasteiger partial charge is 0.394 e. The number of aliphatic hydroxyl groups excluding tert-OH is 1. The lowest BCUT2D eigenvalue weighted by Crippen LogP contribution is -2.21. The Labute approximate surface area is 74.1 Å². The van der Waals surface area contributed by atoms with E-state index in [-0.39, 0.29) is 23.8 Å². The lowest BCUT2D eigenvalue weighted by atomic mass is 10.4. The van der Waals surface area contributed by atoms with Crippen LogP contribution in [-0.2, 0) is 9.47 Å². The molecule has 0 aromatic heterocycles. The summed E-state index contributed by atoms with van der Waals surface area (Å²) in [4.78, 5) is -0.000880. The number of ether oxygens (including phenoxy) is 2. The minimum absolute atomic E-state index is 0.000880. The van der Waals surface area contributed by atoms with Gasteiger partial charge in [-0.1, -0.05) is 22.0 Å². The number of halogens is 1. The number of rotatable bonds is 3. The summed E-state index contributed by atoms with van der Waals surface area (Å²) in [6.07, 6.45) is 1.22. The van der Waals surface area contributed by atoms with Gasteiger partial charge in [-0.25, -0.2) is 0 Å². The second-order valence-corrected chi connectivity index (χ2v) is 3.38. The molecular formula is C7H11BrO3. The highest BCUT2D eigenvalue weighted by Gasteiger charge is 2.29. The third-order valence-electron chi connectivity index (χ3n) is 1.46. The maximum atomic E-state index is 8.69. The van der Waals surface area contributed by atoms with Crippen LogP contribution in [-0.4, -0.2) is 35.5 Å². The zero-order valence-electron chi connectivity index (χ0n) is 6.07. The van der Waals surface area contributed by atoms with E-state index in [1.54, 1.807) is 6.08 Å². The number of aliphatic hydroxyl groups is 1. The van der Waals surface area contributed by atoms with Gasteiger partial charge in [0.25, 0.3) is 0 Å². The zero-order valence-corrected chi connectivity index (χ0v) is 7.66. The van der Waals surface area contributed by atoms with Crippen molar-refractivity contribution in [3.8, 4) is 0 Å². The Morgan fingerprint density at radius 3 is 3.00 bits per heavy atom. The van der Waals surface area contributed by atoms with Gasteiger partial charge in [0, 0.05) is 0 Å².